The summed E-state index contributed by atoms with van der Waals surface area (Å²) in [5.41, 5.74) is 4.73. The van der Waals surface area contributed by atoms with Crippen LogP contribution in [0.3, 0.4) is 0 Å². The van der Waals surface area contributed by atoms with Crippen LogP contribution in [-0.2, 0) is 0 Å². The Morgan fingerprint density at radius 2 is 1.80 bits per heavy atom. The molecule has 2 rings (SSSR count). The van der Waals surface area contributed by atoms with Gasteiger partial charge in [-0.15, -0.1) is 0 Å². The van der Waals surface area contributed by atoms with Gasteiger partial charge in [-0.2, -0.15) is 5.10 Å². The number of aromatic carboxylic acids is 1. The van der Waals surface area contributed by atoms with E-state index in [0.29, 0.717) is 0 Å². The number of methoxy groups -OCH3 is 1. The van der Waals surface area contributed by atoms with Crippen LogP contribution in [0.1, 0.15) is 15.9 Å². The molecule has 0 aromatic heterocycles. The Balaban J connectivity index is 1.96. The fourth-order valence-corrected chi connectivity index (χ4v) is 1.56. The van der Waals surface area contributed by atoms with E-state index in [4.69, 9.17) is 9.84 Å². The molecule has 0 saturated carbocycles. The number of hydrazone groups is 1. The van der Waals surface area contributed by atoms with Gasteiger partial charge in [0.25, 0.3) is 0 Å². The summed E-state index contributed by atoms with van der Waals surface area (Å²) < 4.78 is 5.07. The first-order valence-corrected chi connectivity index (χ1v) is 5.95. The van der Waals surface area contributed by atoms with Crippen LogP contribution in [0.5, 0.6) is 5.75 Å². The fourth-order valence-electron chi connectivity index (χ4n) is 1.56. The van der Waals surface area contributed by atoms with Gasteiger partial charge < -0.3 is 9.84 Å². The first-order chi connectivity index (χ1) is 9.69. The van der Waals surface area contributed by atoms with Crippen LogP contribution < -0.4 is 10.2 Å². The summed E-state index contributed by atoms with van der Waals surface area (Å²) in [6, 6.07) is 13.8. The van der Waals surface area contributed by atoms with Crippen LogP contribution in [0.25, 0.3) is 0 Å². The van der Waals surface area contributed by atoms with Crippen LogP contribution in [0.15, 0.2) is 53.6 Å². The Morgan fingerprint density at radius 1 is 1.15 bits per heavy atom. The quantitative estimate of drug-likeness (QED) is 0.647. The SMILES string of the molecule is COc1ccc(/C=N/Nc2ccc(C(=O)O)cc2)cc1. The normalized spacial score (nSPS) is 10.4. The van der Waals surface area contributed by atoms with Gasteiger partial charge in [0.2, 0.25) is 0 Å². The monoisotopic (exact) mass is 270 g/mol. The summed E-state index contributed by atoms with van der Waals surface area (Å²) >= 11 is 0. The number of hydrogen-bond acceptors (Lipinski definition) is 4. The Kier molecular flexibility index (Phi) is 4.34. The maximum absolute atomic E-state index is 10.7. The van der Waals surface area contributed by atoms with Gasteiger partial charge in [-0.25, -0.2) is 4.79 Å². The van der Waals surface area contributed by atoms with Crippen LogP contribution in [0, 0.1) is 0 Å². The van der Waals surface area contributed by atoms with Crippen LogP contribution in [0.2, 0.25) is 0 Å². The molecule has 2 N–H and O–H groups in total. The number of hydrogen-bond donors (Lipinski definition) is 2. The molecule has 102 valence electrons. The topological polar surface area (TPSA) is 70.9 Å². The maximum Gasteiger partial charge on any atom is 0.335 e. The number of nitrogens with one attached hydrogen (secondary N) is 1. The predicted octanol–water partition coefficient (Wildman–Crippen LogP) is 2.84. The number of rotatable bonds is 5. The lowest BCUT2D eigenvalue weighted by atomic mass is 10.2. The molecule has 0 radical (unpaired) electrons. The summed E-state index contributed by atoms with van der Waals surface area (Å²) in [4.78, 5) is 10.7. The maximum atomic E-state index is 10.7. The van der Waals surface area contributed by atoms with Crippen LogP contribution in [-0.4, -0.2) is 24.4 Å². The molecule has 0 fully saturated rings. The molecule has 0 amide bonds. The lowest BCUT2D eigenvalue weighted by Crippen LogP contribution is -1.96. The van der Waals surface area contributed by atoms with E-state index >= 15 is 0 Å². The van der Waals surface area contributed by atoms with Crippen molar-refractivity contribution >= 4 is 17.9 Å². The number of nitrogens with zero attached hydrogens (tertiary/aromatic N) is 1. The van der Waals surface area contributed by atoms with Gasteiger partial charge in [-0.3, -0.25) is 5.43 Å². The average molecular weight is 270 g/mol. The highest BCUT2D eigenvalue weighted by atomic mass is 16.5. The summed E-state index contributed by atoms with van der Waals surface area (Å²) in [5, 5.41) is 12.9. The fraction of sp³-hybridized carbons (Fsp3) is 0.0667. The smallest absolute Gasteiger partial charge is 0.335 e. The molecule has 20 heavy (non-hydrogen) atoms. The highest BCUT2D eigenvalue weighted by molar-refractivity contribution is 5.88. The Hall–Kier alpha value is -2.82. The summed E-state index contributed by atoms with van der Waals surface area (Å²) in [5.74, 6) is -0.155. The van der Waals surface area contributed by atoms with Gasteiger partial charge >= 0.3 is 5.97 Å². The molecule has 0 aliphatic carbocycles. The zero-order chi connectivity index (χ0) is 14.4. The van der Waals surface area contributed by atoms with E-state index in [9.17, 15) is 4.79 Å². The third-order valence-corrected chi connectivity index (χ3v) is 2.65. The van der Waals surface area contributed by atoms with E-state index in [1.54, 1.807) is 25.5 Å². The largest absolute Gasteiger partial charge is 0.497 e. The minimum absolute atomic E-state index is 0.245. The van der Waals surface area contributed by atoms with Crippen molar-refractivity contribution in [2.45, 2.75) is 0 Å². The van der Waals surface area contributed by atoms with Crippen LogP contribution >= 0.6 is 0 Å². The highest BCUT2D eigenvalue weighted by Gasteiger charge is 2.00. The van der Waals surface area contributed by atoms with Crippen LogP contribution in [0.4, 0.5) is 5.69 Å². The van der Waals surface area contributed by atoms with E-state index < -0.39 is 5.97 Å². The summed E-state index contributed by atoms with van der Waals surface area (Å²) in [6.45, 7) is 0. The van der Waals surface area contributed by atoms with E-state index in [2.05, 4.69) is 10.5 Å². The number of benzene rings is 2. The van der Waals surface area contributed by atoms with Crippen molar-refractivity contribution in [3.05, 3.63) is 59.7 Å². The first kappa shape index (κ1) is 13.6. The molecule has 0 spiro atoms. The van der Waals surface area contributed by atoms with E-state index in [0.717, 1.165) is 17.0 Å². The van der Waals surface area contributed by atoms with Crippen molar-refractivity contribution < 1.29 is 14.6 Å². The Morgan fingerprint density at radius 3 is 2.35 bits per heavy atom. The number of carboxylic acids is 1. The predicted molar refractivity (Wildman–Crippen MR) is 77.6 cm³/mol. The lowest BCUT2D eigenvalue weighted by Gasteiger charge is -2.01. The standard InChI is InChI=1S/C15H14N2O3/c1-20-14-8-2-11(3-9-14)10-16-17-13-6-4-12(5-7-13)15(18)19/h2-10,17H,1H3,(H,18,19)/b16-10+. The number of ether oxygens (including phenoxy) is 1. The minimum Gasteiger partial charge on any atom is -0.497 e. The minimum atomic E-state index is -0.946. The molecule has 5 heteroatoms. The Bertz CT molecular complexity index is 604. The van der Waals surface area contributed by atoms with E-state index in [1.807, 2.05) is 24.3 Å². The third-order valence-electron chi connectivity index (χ3n) is 2.65. The molecule has 2 aromatic carbocycles. The van der Waals surface area contributed by atoms with Gasteiger partial charge in [0.15, 0.2) is 0 Å². The average Bonchev–Trinajstić information content (AvgIpc) is 2.48. The highest BCUT2D eigenvalue weighted by Crippen LogP contribution is 2.11. The van der Waals surface area contributed by atoms with Crippen molar-refractivity contribution in [3.63, 3.8) is 0 Å². The van der Waals surface area contributed by atoms with E-state index in [1.165, 1.54) is 12.1 Å². The second-order valence-electron chi connectivity index (χ2n) is 4.03. The van der Waals surface area contributed by atoms with Crippen molar-refractivity contribution in [1.29, 1.82) is 0 Å². The molecule has 0 aliphatic rings. The Labute approximate surface area is 116 Å². The number of carbonyl (C=O) groups is 1. The van der Waals surface area contributed by atoms with Gasteiger partial charge in [0.1, 0.15) is 5.75 Å². The van der Waals surface area contributed by atoms with Gasteiger partial charge in [-0.05, 0) is 54.1 Å². The first-order valence-electron chi connectivity index (χ1n) is 5.95. The molecule has 0 saturated heterocycles. The molecule has 5 nitrogen and oxygen atoms in total. The molecule has 0 heterocycles. The molecule has 0 aliphatic heterocycles. The van der Waals surface area contributed by atoms with E-state index in [-0.39, 0.29) is 5.56 Å². The van der Waals surface area contributed by atoms with Crippen molar-refractivity contribution in [2.24, 2.45) is 5.10 Å². The molecular weight excluding hydrogens is 256 g/mol. The van der Waals surface area contributed by atoms with Gasteiger partial charge in [-0.1, -0.05) is 0 Å². The lowest BCUT2D eigenvalue weighted by molar-refractivity contribution is 0.0697. The zero-order valence-electron chi connectivity index (χ0n) is 10.9. The second-order valence-corrected chi connectivity index (χ2v) is 4.03. The van der Waals surface area contributed by atoms with Crippen molar-refractivity contribution in [3.8, 4) is 5.75 Å². The summed E-state index contributed by atoms with van der Waals surface area (Å²) in [6.07, 6.45) is 1.67. The number of carboxylic acid groups (broad SMARTS) is 1. The van der Waals surface area contributed by atoms with Crippen molar-refractivity contribution in [2.75, 3.05) is 12.5 Å². The van der Waals surface area contributed by atoms with Gasteiger partial charge in [0, 0.05) is 0 Å². The van der Waals surface area contributed by atoms with Gasteiger partial charge in [0.05, 0.1) is 24.6 Å². The third kappa shape index (κ3) is 3.58. The summed E-state index contributed by atoms with van der Waals surface area (Å²) in [7, 11) is 1.62. The molecule has 0 bridgehead atoms. The molecule has 0 unspecified atom stereocenters. The molecule has 0 atom stereocenters. The van der Waals surface area contributed by atoms with Crippen molar-refractivity contribution in [1.82, 2.24) is 0 Å². The second kappa shape index (κ2) is 6.38. The molecule has 2 aromatic rings. The molecular formula is C15H14N2O3. The number of anilines is 1. The zero-order valence-corrected chi connectivity index (χ0v) is 10.9.